The van der Waals surface area contributed by atoms with Crippen LogP contribution in [0.5, 0.6) is 0 Å². The number of pyridine rings is 1. The van der Waals surface area contributed by atoms with Gasteiger partial charge in [-0.15, -0.1) is 0 Å². The maximum atomic E-state index is 13.3. The molecule has 3 heteroatoms. The van der Waals surface area contributed by atoms with Gasteiger partial charge in [0.05, 0.1) is 11.2 Å². The summed E-state index contributed by atoms with van der Waals surface area (Å²) in [7, 11) is 2.00. The number of fused-ring (bicyclic) bond motifs is 1. The zero-order valence-corrected chi connectivity index (χ0v) is 13.7. The minimum Gasteiger partial charge on any atom is -0.315 e. The van der Waals surface area contributed by atoms with E-state index in [4.69, 9.17) is 0 Å². The lowest BCUT2D eigenvalue weighted by atomic mass is 10.0. The monoisotopic (exact) mass is 317 g/mol. The molecule has 0 amide bonds. The van der Waals surface area contributed by atoms with Gasteiger partial charge in [0.1, 0.15) is 12.9 Å². The summed E-state index contributed by atoms with van der Waals surface area (Å²) in [5, 5.41) is 1.18. The van der Waals surface area contributed by atoms with Crippen molar-refractivity contribution in [1.29, 1.82) is 0 Å². The van der Waals surface area contributed by atoms with E-state index in [9.17, 15) is 4.39 Å². The summed E-state index contributed by atoms with van der Waals surface area (Å²) >= 11 is 0. The van der Waals surface area contributed by atoms with Crippen LogP contribution in [0, 0.1) is 12.7 Å². The van der Waals surface area contributed by atoms with Gasteiger partial charge in [0.15, 0.2) is 12.4 Å². The molecule has 0 unspecified atom stereocenters. The zero-order valence-electron chi connectivity index (χ0n) is 13.7. The zero-order chi connectivity index (χ0) is 16.7. The second-order valence-electron chi connectivity index (χ2n) is 6.16. The number of nitrogens with zero attached hydrogens (tertiary/aromatic N) is 2. The van der Waals surface area contributed by atoms with Crippen LogP contribution in [0.1, 0.15) is 5.56 Å². The van der Waals surface area contributed by atoms with E-state index in [1.807, 2.05) is 36.1 Å². The Bertz CT molecular complexity index is 1010. The molecule has 2 heterocycles. The quantitative estimate of drug-likeness (QED) is 0.479. The van der Waals surface area contributed by atoms with E-state index in [2.05, 4.69) is 48.0 Å². The molecule has 2 nitrogen and oxygen atoms in total. The van der Waals surface area contributed by atoms with Crippen molar-refractivity contribution in [3.63, 3.8) is 0 Å². The van der Waals surface area contributed by atoms with Crippen LogP contribution in [0.25, 0.3) is 27.7 Å². The average molecular weight is 317 g/mol. The molecule has 0 atom stereocenters. The molecule has 2 aromatic carbocycles. The first kappa shape index (κ1) is 14.6. The van der Waals surface area contributed by atoms with Crippen LogP contribution in [0.3, 0.4) is 0 Å². The molecule has 0 saturated carbocycles. The number of benzene rings is 2. The smallest absolute Gasteiger partial charge is 0.170 e. The van der Waals surface area contributed by atoms with E-state index in [1.54, 1.807) is 0 Å². The molecule has 0 fully saturated rings. The van der Waals surface area contributed by atoms with Gasteiger partial charge in [-0.05, 0) is 36.8 Å². The lowest BCUT2D eigenvalue weighted by Crippen LogP contribution is -2.25. The Balaban J connectivity index is 1.98. The van der Waals surface area contributed by atoms with Crippen LogP contribution in [-0.4, -0.2) is 4.57 Å². The fourth-order valence-electron chi connectivity index (χ4n) is 3.07. The van der Waals surface area contributed by atoms with Gasteiger partial charge in [-0.3, -0.25) is 0 Å². The molecule has 0 bridgehead atoms. The standard InChI is InChI=1S/C21H18FN2/c1-15-3-8-21-19(13-15)20(16-4-6-17(22)7-5-16)14-24(21)18-9-11-23(2)12-10-18/h3-14H,1-2H3/q+1. The van der Waals surface area contributed by atoms with Gasteiger partial charge in [0.25, 0.3) is 0 Å². The number of aryl methyl sites for hydroxylation is 2. The van der Waals surface area contributed by atoms with Crippen molar-refractivity contribution in [2.45, 2.75) is 6.92 Å². The first-order chi connectivity index (χ1) is 11.6. The van der Waals surface area contributed by atoms with E-state index >= 15 is 0 Å². The summed E-state index contributed by atoms with van der Waals surface area (Å²) in [5.41, 5.74) is 5.60. The maximum Gasteiger partial charge on any atom is 0.170 e. The normalized spacial score (nSPS) is 11.1. The van der Waals surface area contributed by atoms with Crippen LogP contribution in [-0.2, 0) is 7.05 Å². The summed E-state index contributed by atoms with van der Waals surface area (Å²) in [4.78, 5) is 0. The number of rotatable bonds is 2. The number of aromatic nitrogens is 2. The second kappa shape index (κ2) is 5.60. The van der Waals surface area contributed by atoms with E-state index in [1.165, 1.54) is 23.1 Å². The molecule has 0 saturated heterocycles. The summed E-state index contributed by atoms with van der Waals surface area (Å²) in [6.07, 6.45) is 6.20. The average Bonchev–Trinajstić information content (AvgIpc) is 2.95. The van der Waals surface area contributed by atoms with Crippen LogP contribution in [0.4, 0.5) is 4.39 Å². The number of halogens is 1. The Morgan fingerprint density at radius 3 is 2.33 bits per heavy atom. The highest BCUT2D eigenvalue weighted by Gasteiger charge is 2.12. The molecule has 24 heavy (non-hydrogen) atoms. The van der Waals surface area contributed by atoms with Crippen molar-refractivity contribution in [3.05, 3.63) is 84.6 Å². The Morgan fingerprint density at radius 1 is 0.917 bits per heavy atom. The van der Waals surface area contributed by atoms with Gasteiger partial charge in [-0.25, -0.2) is 8.96 Å². The lowest BCUT2D eigenvalue weighted by molar-refractivity contribution is -0.671. The number of hydrogen-bond donors (Lipinski definition) is 0. The van der Waals surface area contributed by atoms with Gasteiger partial charge in [-0.2, -0.15) is 0 Å². The predicted octanol–water partition coefficient (Wildman–Crippen LogP) is 4.57. The third kappa shape index (κ3) is 2.48. The Kier molecular flexibility index (Phi) is 3.42. The third-order valence-electron chi connectivity index (χ3n) is 4.35. The van der Waals surface area contributed by atoms with E-state index in [-0.39, 0.29) is 5.82 Å². The van der Waals surface area contributed by atoms with Crippen molar-refractivity contribution < 1.29 is 8.96 Å². The summed E-state index contributed by atoms with van der Waals surface area (Å²) in [5.74, 6) is -0.214. The van der Waals surface area contributed by atoms with Crippen molar-refractivity contribution in [2.24, 2.45) is 7.05 Å². The van der Waals surface area contributed by atoms with Gasteiger partial charge in [0.2, 0.25) is 0 Å². The predicted molar refractivity (Wildman–Crippen MR) is 94.6 cm³/mol. The molecule has 0 radical (unpaired) electrons. The van der Waals surface area contributed by atoms with Crippen LogP contribution in [0.2, 0.25) is 0 Å². The first-order valence-corrected chi connectivity index (χ1v) is 7.95. The van der Waals surface area contributed by atoms with Gasteiger partial charge in [0, 0.05) is 29.3 Å². The molecular formula is C21H18FN2+. The molecule has 4 aromatic rings. The van der Waals surface area contributed by atoms with Crippen molar-refractivity contribution >= 4 is 10.9 Å². The van der Waals surface area contributed by atoms with Crippen molar-refractivity contribution in [2.75, 3.05) is 0 Å². The van der Waals surface area contributed by atoms with Gasteiger partial charge >= 0.3 is 0 Å². The molecule has 0 aliphatic carbocycles. The van der Waals surface area contributed by atoms with Crippen LogP contribution < -0.4 is 4.57 Å². The fraction of sp³-hybridized carbons (Fsp3) is 0.0952. The minimum absolute atomic E-state index is 0.214. The highest BCUT2D eigenvalue weighted by Crippen LogP contribution is 2.33. The fourth-order valence-corrected chi connectivity index (χ4v) is 3.07. The lowest BCUT2D eigenvalue weighted by Gasteiger charge is -2.04. The number of hydrogen-bond acceptors (Lipinski definition) is 0. The molecule has 2 aromatic heterocycles. The molecule has 0 aliphatic rings. The molecule has 0 N–H and O–H groups in total. The van der Waals surface area contributed by atoms with Gasteiger partial charge in [-0.1, -0.05) is 23.8 Å². The van der Waals surface area contributed by atoms with Gasteiger partial charge < -0.3 is 4.57 Å². The topological polar surface area (TPSA) is 8.81 Å². The maximum absolute atomic E-state index is 13.3. The summed E-state index contributed by atoms with van der Waals surface area (Å²) in [6, 6.07) is 17.3. The van der Waals surface area contributed by atoms with Crippen LogP contribution >= 0.6 is 0 Å². The summed E-state index contributed by atoms with van der Waals surface area (Å²) < 4.78 is 17.5. The molecule has 4 rings (SSSR count). The molecule has 0 aliphatic heterocycles. The molecule has 118 valence electrons. The first-order valence-electron chi connectivity index (χ1n) is 7.95. The van der Waals surface area contributed by atoms with Crippen molar-refractivity contribution in [1.82, 2.24) is 4.57 Å². The largest absolute Gasteiger partial charge is 0.315 e. The molecular weight excluding hydrogens is 299 g/mol. The highest BCUT2D eigenvalue weighted by atomic mass is 19.1. The SMILES string of the molecule is Cc1ccc2c(c1)c(-c1ccc(F)cc1)cn2-c1cc[n+](C)cc1. The Morgan fingerprint density at radius 2 is 1.62 bits per heavy atom. The molecule has 0 spiro atoms. The Labute approximate surface area is 140 Å². The third-order valence-corrected chi connectivity index (χ3v) is 4.35. The van der Waals surface area contributed by atoms with E-state index in [0.29, 0.717) is 0 Å². The van der Waals surface area contributed by atoms with Crippen LogP contribution in [0.15, 0.2) is 73.2 Å². The minimum atomic E-state index is -0.214. The highest BCUT2D eigenvalue weighted by molar-refractivity contribution is 5.97. The second-order valence-corrected chi connectivity index (χ2v) is 6.16. The van der Waals surface area contributed by atoms with E-state index < -0.39 is 0 Å². The Hall–Kier alpha value is -2.94. The van der Waals surface area contributed by atoms with Crippen molar-refractivity contribution in [3.8, 4) is 16.8 Å². The van der Waals surface area contributed by atoms with E-state index in [0.717, 1.165) is 22.3 Å². The summed E-state index contributed by atoms with van der Waals surface area (Å²) in [6.45, 7) is 2.09.